The van der Waals surface area contributed by atoms with E-state index in [1.54, 1.807) is 0 Å². The highest BCUT2D eigenvalue weighted by Gasteiger charge is 2.44. The van der Waals surface area contributed by atoms with Gasteiger partial charge in [-0.1, -0.05) is 39.0 Å². The minimum Gasteiger partial charge on any atom is -0.444 e. The first-order valence-corrected chi connectivity index (χ1v) is 10.3. The molecule has 0 aromatic heterocycles. The molecule has 0 unspecified atom stereocenters. The fraction of sp³-hybridized carbons (Fsp3) is 0.667. The summed E-state index contributed by atoms with van der Waals surface area (Å²) < 4.78 is 5.38. The van der Waals surface area contributed by atoms with Gasteiger partial charge in [-0.15, -0.1) is 0 Å². The highest BCUT2D eigenvalue weighted by atomic mass is 16.6. The predicted molar refractivity (Wildman–Crippen MR) is 114 cm³/mol. The topological polar surface area (TPSA) is 55.4 Å². The summed E-state index contributed by atoms with van der Waals surface area (Å²) in [6.45, 7) is 20.2. The molecular weight excluding hydrogens is 350 g/mol. The van der Waals surface area contributed by atoms with Crippen LogP contribution < -0.4 is 5.32 Å². The van der Waals surface area contributed by atoms with E-state index in [9.17, 15) is 9.59 Å². The molecule has 0 heterocycles. The van der Waals surface area contributed by atoms with E-state index in [2.05, 4.69) is 38.7 Å². The van der Waals surface area contributed by atoms with Gasteiger partial charge >= 0.3 is 6.09 Å². The molecule has 0 spiro atoms. The van der Waals surface area contributed by atoms with Crippen molar-refractivity contribution in [2.45, 2.75) is 92.2 Å². The Morgan fingerprint density at radius 2 is 1.89 bits per heavy atom. The van der Waals surface area contributed by atoms with Crippen LogP contribution in [0, 0.1) is 11.3 Å². The maximum Gasteiger partial charge on any atom is 0.408 e. The highest BCUT2D eigenvalue weighted by molar-refractivity contribution is 6.04. The van der Waals surface area contributed by atoms with Crippen molar-refractivity contribution in [3.8, 4) is 0 Å². The lowest BCUT2D eigenvalue weighted by atomic mass is 9.71. The third-order valence-electron chi connectivity index (χ3n) is 5.63. The molecule has 4 heteroatoms. The van der Waals surface area contributed by atoms with Crippen LogP contribution in [0.15, 0.2) is 34.9 Å². The number of ether oxygens (including phenoxy) is 1. The number of hydrogen-bond acceptors (Lipinski definition) is 3. The zero-order valence-electron chi connectivity index (χ0n) is 18.9. The fourth-order valence-electron chi connectivity index (χ4n) is 4.23. The average Bonchev–Trinajstić information content (AvgIpc) is 2.72. The minimum atomic E-state index is -0.564. The van der Waals surface area contributed by atoms with Crippen molar-refractivity contribution in [1.82, 2.24) is 5.32 Å². The predicted octanol–water partition coefficient (Wildman–Crippen LogP) is 5.89. The maximum atomic E-state index is 12.9. The third kappa shape index (κ3) is 5.15. The summed E-state index contributed by atoms with van der Waals surface area (Å²) in [5.74, 6) is 0.657. The van der Waals surface area contributed by atoms with Crippen LogP contribution in [0.4, 0.5) is 4.79 Å². The van der Waals surface area contributed by atoms with Gasteiger partial charge in [0, 0.05) is 22.9 Å². The van der Waals surface area contributed by atoms with Gasteiger partial charge in [0.05, 0.1) is 0 Å². The van der Waals surface area contributed by atoms with Gasteiger partial charge in [0.2, 0.25) is 0 Å². The van der Waals surface area contributed by atoms with E-state index in [0.717, 1.165) is 29.6 Å². The summed E-state index contributed by atoms with van der Waals surface area (Å²) in [5, 5.41) is 2.92. The molecule has 1 amide bonds. The number of carbonyl (C=O) groups is 2. The van der Waals surface area contributed by atoms with E-state index >= 15 is 0 Å². The maximum absolute atomic E-state index is 12.9. The van der Waals surface area contributed by atoms with Crippen LogP contribution in [0.25, 0.3) is 0 Å². The van der Waals surface area contributed by atoms with E-state index in [1.807, 2.05) is 34.6 Å². The fourth-order valence-corrected chi connectivity index (χ4v) is 4.23. The van der Waals surface area contributed by atoms with Gasteiger partial charge in [0.25, 0.3) is 0 Å². The Bertz CT molecular complexity index is 746. The number of allylic oxidation sites excluding steroid dienone is 4. The molecule has 0 aromatic carbocycles. The molecule has 0 fully saturated rings. The second-order valence-electron chi connectivity index (χ2n) is 10.6. The van der Waals surface area contributed by atoms with E-state index in [1.165, 1.54) is 5.57 Å². The second kappa shape index (κ2) is 7.53. The third-order valence-corrected chi connectivity index (χ3v) is 5.63. The number of fused-ring (bicyclic) bond motifs is 1. The smallest absolute Gasteiger partial charge is 0.408 e. The molecule has 28 heavy (non-hydrogen) atoms. The number of carbonyl (C=O) groups excluding carboxylic acids is 2. The van der Waals surface area contributed by atoms with Crippen LogP contribution >= 0.6 is 0 Å². The van der Waals surface area contributed by atoms with Gasteiger partial charge in [0.1, 0.15) is 5.60 Å². The number of ketones is 1. The molecule has 0 aromatic rings. The van der Waals surface area contributed by atoms with Crippen molar-refractivity contribution in [1.29, 1.82) is 0 Å². The molecule has 1 atom stereocenters. The largest absolute Gasteiger partial charge is 0.444 e. The molecule has 1 N–H and O–H groups in total. The number of nitrogens with one attached hydrogen (secondary N) is 1. The Labute approximate surface area is 170 Å². The summed E-state index contributed by atoms with van der Waals surface area (Å²) in [6.07, 6.45) is 4.90. The lowest BCUT2D eigenvalue weighted by Crippen LogP contribution is -2.46. The van der Waals surface area contributed by atoms with Crippen molar-refractivity contribution in [3.05, 3.63) is 34.9 Å². The number of hydrogen-bond donors (Lipinski definition) is 1. The van der Waals surface area contributed by atoms with E-state index in [-0.39, 0.29) is 11.2 Å². The van der Waals surface area contributed by atoms with Gasteiger partial charge in [-0.3, -0.25) is 4.79 Å². The highest BCUT2D eigenvalue weighted by Crippen LogP contribution is 2.51. The number of amides is 1. The standard InChI is InChI=1S/C24H37NO3/c1-15(2)17-10-11-24(9)14-19(26)20(18(24)12-17)16(3)13-23(7,8)25-21(27)28-22(4,5)6/h12,15H,3,10-11,13-14H2,1-2,4-9H3,(H,25,27)/t24-/m0/s1. The lowest BCUT2D eigenvalue weighted by molar-refractivity contribution is -0.115. The molecular formula is C24H37NO3. The first-order valence-electron chi connectivity index (χ1n) is 10.3. The summed E-state index contributed by atoms with van der Waals surface area (Å²) in [5.41, 5.74) is 2.92. The lowest BCUT2D eigenvalue weighted by Gasteiger charge is -2.33. The Kier molecular flexibility index (Phi) is 6.04. The summed E-state index contributed by atoms with van der Waals surface area (Å²) >= 11 is 0. The summed E-state index contributed by atoms with van der Waals surface area (Å²) in [7, 11) is 0. The molecule has 4 nitrogen and oxygen atoms in total. The average molecular weight is 388 g/mol. The van der Waals surface area contributed by atoms with Crippen molar-refractivity contribution in [2.24, 2.45) is 11.3 Å². The molecule has 0 bridgehead atoms. The Morgan fingerprint density at radius 1 is 1.29 bits per heavy atom. The Morgan fingerprint density at radius 3 is 2.43 bits per heavy atom. The van der Waals surface area contributed by atoms with Gasteiger partial charge in [-0.25, -0.2) is 4.79 Å². The van der Waals surface area contributed by atoms with Crippen LogP contribution in [-0.2, 0) is 9.53 Å². The van der Waals surface area contributed by atoms with E-state index < -0.39 is 17.2 Å². The number of rotatable bonds is 5. The number of alkyl carbamates (subject to hydrolysis) is 1. The van der Waals surface area contributed by atoms with Crippen LogP contribution in [0.2, 0.25) is 0 Å². The summed E-state index contributed by atoms with van der Waals surface area (Å²) in [4.78, 5) is 25.1. The van der Waals surface area contributed by atoms with Gasteiger partial charge in [0.15, 0.2) is 5.78 Å². The second-order valence-corrected chi connectivity index (χ2v) is 10.6. The summed E-state index contributed by atoms with van der Waals surface area (Å²) in [6, 6.07) is 0. The van der Waals surface area contributed by atoms with E-state index in [4.69, 9.17) is 4.74 Å². The van der Waals surface area contributed by atoms with Crippen LogP contribution in [-0.4, -0.2) is 23.0 Å². The first-order chi connectivity index (χ1) is 12.6. The normalized spacial score (nSPS) is 22.9. The molecule has 0 saturated heterocycles. The van der Waals surface area contributed by atoms with Crippen LogP contribution in [0.1, 0.15) is 81.1 Å². The van der Waals surface area contributed by atoms with Crippen molar-refractivity contribution < 1.29 is 14.3 Å². The van der Waals surface area contributed by atoms with Crippen LogP contribution in [0.5, 0.6) is 0 Å². The van der Waals surface area contributed by atoms with Gasteiger partial charge < -0.3 is 10.1 Å². The molecule has 2 aliphatic carbocycles. The Hall–Kier alpha value is -1.84. The molecule has 0 aliphatic heterocycles. The van der Waals surface area contributed by atoms with Gasteiger partial charge in [-0.2, -0.15) is 0 Å². The zero-order valence-corrected chi connectivity index (χ0v) is 18.9. The monoisotopic (exact) mass is 387 g/mol. The van der Waals surface area contributed by atoms with Crippen molar-refractivity contribution >= 4 is 11.9 Å². The van der Waals surface area contributed by atoms with E-state index in [0.29, 0.717) is 18.8 Å². The zero-order chi connectivity index (χ0) is 21.5. The van der Waals surface area contributed by atoms with Gasteiger partial charge in [-0.05, 0) is 70.9 Å². The van der Waals surface area contributed by atoms with Crippen molar-refractivity contribution in [2.75, 3.05) is 0 Å². The molecule has 2 aliphatic rings. The molecule has 2 rings (SSSR count). The first kappa shape index (κ1) is 22.4. The quantitative estimate of drug-likeness (QED) is 0.640. The Balaban J connectivity index is 2.25. The molecule has 0 saturated carbocycles. The number of Topliss-reactive ketones (excluding diaryl/α,β-unsaturated/α-hetero) is 1. The molecule has 156 valence electrons. The molecule has 0 radical (unpaired) electrons. The van der Waals surface area contributed by atoms with Crippen molar-refractivity contribution in [3.63, 3.8) is 0 Å². The minimum absolute atomic E-state index is 0.0868. The SMILES string of the molecule is C=C(CC(C)(C)NC(=O)OC(C)(C)C)C1=C2C=C(C(C)C)CC[C@@]2(C)CC1=O. The van der Waals surface area contributed by atoms with Crippen LogP contribution in [0.3, 0.4) is 0 Å².